The highest BCUT2D eigenvalue weighted by molar-refractivity contribution is 5.98. The fourth-order valence-electron chi connectivity index (χ4n) is 2.19. The van der Waals surface area contributed by atoms with Gasteiger partial charge in [-0.15, -0.1) is 0 Å². The molecule has 0 aromatic heterocycles. The molecular weight excluding hydrogens is 256 g/mol. The number of aryl methyl sites for hydroxylation is 1. The molecule has 0 amide bonds. The van der Waals surface area contributed by atoms with Crippen molar-refractivity contribution >= 4 is 11.8 Å². The molecule has 106 valence electrons. The van der Waals surface area contributed by atoms with Gasteiger partial charge < -0.3 is 9.47 Å². The number of fused-ring (bicyclic) bond motifs is 1. The maximum absolute atomic E-state index is 11.7. The second kappa shape index (κ2) is 6.89. The zero-order valence-corrected chi connectivity index (χ0v) is 11.6. The molecule has 4 heteroatoms. The highest BCUT2D eigenvalue weighted by atomic mass is 16.5. The Bertz CT molecular complexity index is 531. The molecule has 0 saturated heterocycles. The maximum atomic E-state index is 11.7. The van der Waals surface area contributed by atoms with Crippen LogP contribution in [0.15, 0.2) is 30.4 Å². The molecule has 0 heterocycles. The normalized spacial score (nSPS) is 14.2. The van der Waals surface area contributed by atoms with Crippen LogP contribution >= 0.6 is 0 Å². The maximum Gasteiger partial charge on any atom is 0.330 e. The van der Waals surface area contributed by atoms with Crippen LogP contribution in [0.2, 0.25) is 0 Å². The van der Waals surface area contributed by atoms with E-state index in [0.717, 1.165) is 24.0 Å². The molecule has 1 aromatic rings. The van der Waals surface area contributed by atoms with Crippen LogP contribution in [0.1, 0.15) is 35.7 Å². The summed E-state index contributed by atoms with van der Waals surface area (Å²) in [7, 11) is 0. The molecule has 0 aliphatic heterocycles. The molecule has 2 rings (SSSR count). The fraction of sp³-hybridized carbons (Fsp3) is 0.375. The quantitative estimate of drug-likeness (QED) is 0.612. The molecule has 0 unspecified atom stereocenters. The van der Waals surface area contributed by atoms with Crippen molar-refractivity contribution in [2.24, 2.45) is 0 Å². The molecular formula is C16H18O4. The number of carbonyl (C=O) groups excluding carboxylic acids is 2. The summed E-state index contributed by atoms with van der Waals surface area (Å²) in [6, 6.07) is 5.52. The Morgan fingerprint density at radius 2 is 2.20 bits per heavy atom. The number of hydrogen-bond acceptors (Lipinski definition) is 4. The van der Waals surface area contributed by atoms with Gasteiger partial charge >= 0.3 is 5.97 Å². The first-order valence-electron chi connectivity index (χ1n) is 6.83. The third kappa shape index (κ3) is 3.70. The van der Waals surface area contributed by atoms with E-state index in [1.807, 2.05) is 12.1 Å². The van der Waals surface area contributed by atoms with Crippen molar-refractivity contribution in [2.75, 3.05) is 13.2 Å². The smallest absolute Gasteiger partial charge is 0.330 e. The van der Waals surface area contributed by atoms with E-state index in [-0.39, 0.29) is 11.8 Å². The molecule has 0 radical (unpaired) electrons. The summed E-state index contributed by atoms with van der Waals surface area (Å²) >= 11 is 0. The highest BCUT2D eigenvalue weighted by Crippen LogP contribution is 2.25. The molecule has 0 bridgehead atoms. The molecule has 0 atom stereocenters. The number of ether oxygens (including phenoxy) is 2. The number of ketones is 1. The number of rotatable bonds is 5. The average Bonchev–Trinajstić information content (AvgIpc) is 2.44. The minimum atomic E-state index is -0.368. The first-order chi connectivity index (χ1) is 9.70. The topological polar surface area (TPSA) is 52.6 Å². The molecule has 1 aromatic carbocycles. The minimum Gasteiger partial charge on any atom is -0.490 e. The van der Waals surface area contributed by atoms with E-state index in [4.69, 9.17) is 9.47 Å². The van der Waals surface area contributed by atoms with Crippen LogP contribution in [0.4, 0.5) is 0 Å². The number of hydrogen-bond donors (Lipinski definition) is 0. The molecule has 0 N–H and O–H groups in total. The summed E-state index contributed by atoms with van der Waals surface area (Å²) in [6.45, 7) is 2.42. The largest absolute Gasteiger partial charge is 0.490 e. The monoisotopic (exact) mass is 274 g/mol. The Labute approximate surface area is 118 Å². The third-order valence-electron chi connectivity index (χ3n) is 3.11. The van der Waals surface area contributed by atoms with Crippen LogP contribution in [-0.4, -0.2) is 25.0 Å². The van der Waals surface area contributed by atoms with Crippen molar-refractivity contribution < 1.29 is 19.1 Å². The lowest BCUT2D eigenvalue weighted by Gasteiger charge is -2.15. The molecule has 1 aliphatic carbocycles. The zero-order chi connectivity index (χ0) is 14.4. The van der Waals surface area contributed by atoms with Crippen molar-refractivity contribution in [3.63, 3.8) is 0 Å². The molecule has 0 spiro atoms. The Balaban J connectivity index is 1.91. The summed E-state index contributed by atoms with van der Waals surface area (Å²) < 4.78 is 10.3. The van der Waals surface area contributed by atoms with E-state index >= 15 is 0 Å². The first-order valence-corrected chi connectivity index (χ1v) is 6.83. The number of carbonyl (C=O) groups is 2. The van der Waals surface area contributed by atoms with Gasteiger partial charge in [0.25, 0.3) is 0 Å². The van der Waals surface area contributed by atoms with Crippen molar-refractivity contribution in [1.82, 2.24) is 0 Å². The van der Waals surface area contributed by atoms with Crippen molar-refractivity contribution in [3.8, 4) is 5.75 Å². The van der Waals surface area contributed by atoms with Gasteiger partial charge in [0.1, 0.15) is 12.4 Å². The van der Waals surface area contributed by atoms with Crippen LogP contribution in [0.3, 0.4) is 0 Å². The van der Waals surface area contributed by atoms with E-state index in [9.17, 15) is 9.59 Å². The van der Waals surface area contributed by atoms with Crippen LogP contribution in [0, 0.1) is 0 Å². The predicted octanol–water partition coefficient (Wildman–Crippen LogP) is 2.70. The van der Waals surface area contributed by atoms with Gasteiger partial charge in [-0.2, -0.15) is 0 Å². The Kier molecular flexibility index (Phi) is 4.93. The summed E-state index contributed by atoms with van der Waals surface area (Å²) in [5, 5.41) is 0. The lowest BCUT2D eigenvalue weighted by molar-refractivity contribution is -0.137. The summed E-state index contributed by atoms with van der Waals surface area (Å²) in [5.74, 6) is 0.555. The van der Waals surface area contributed by atoms with Gasteiger partial charge in [0.15, 0.2) is 5.78 Å². The van der Waals surface area contributed by atoms with Gasteiger partial charge in [-0.05, 0) is 49.6 Å². The SMILES string of the molecule is CCOC(=O)/C=C/COc1ccc2c(c1)CCCC2=O. The standard InChI is InChI=1S/C16H18O4/c1-2-19-16(18)7-4-10-20-13-8-9-14-12(11-13)5-3-6-15(14)17/h4,7-9,11H,2-3,5-6,10H2,1H3/b7-4+. The summed E-state index contributed by atoms with van der Waals surface area (Å²) in [6.07, 6.45) is 5.42. The first kappa shape index (κ1) is 14.3. The summed E-state index contributed by atoms with van der Waals surface area (Å²) in [5.41, 5.74) is 1.86. The minimum absolute atomic E-state index is 0.208. The molecule has 0 fully saturated rings. The Hall–Kier alpha value is -2.10. The number of Topliss-reactive ketones (excluding diaryl/α,β-unsaturated/α-hetero) is 1. The lowest BCUT2D eigenvalue weighted by atomic mass is 9.91. The van der Waals surface area contributed by atoms with Gasteiger partial charge in [-0.1, -0.05) is 0 Å². The van der Waals surface area contributed by atoms with E-state index in [1.165, 1.54) is 6.08 Å². The van der Waals surface area contributed by atoms with E-state index in [0.29, 0.717) is 25.4 Å². The molecule has 1 aliphatic rings. The van der Waals surface area contributed by atoms with Gasteiger partial charge in [0.05, 0.1) is 6.61 Å². The Morgan fingerprint density at radius 3 is 3.00 bits per heavy atom. The zero-order valence-electron chi connectivity index (χ0n) is 11.6. The van der Waals surface area contributed by atoms with Gasteiger partial charge in [-0.3, -0.25) is 4.79 Å². The van der Waals surface area contributed by atoms with Crippen LogP contribution < -0.4 is 4.74 Å². The Morgan fingerprint density at radius 1 is 1.35 bits per heavy atom. The summed E-state index contributed by atoms with van der Waals surface area (Å²) in [4.78, 5) is 22.8. The number of benzene rings is 1. The molecule has 20 heavy (non-hydrogen) atoms. The number of esters is 1. The third-order valence-corrected chi connectivity index (χ3v) is 3.11. The van der Waals surface area contributed by atoms with Crippen molar-refractivity contribution in [3.05, 3.63) is 41.5 Å². The highest BCUT2D eigenvalue weighted by Gasteiger charge is 2.17. The fourth-order valence-corrected chi connectivity index (χ4v) is 2.19. The van der Waals surface area contributed by atoms with E-state index < -0.39 is 0 Å². The van der Waals surface area contributed by atoms with Crippen LogP contribution in [0.25, 0.3) is 0 Å². The van der Waals surface area contributed by atoms with E-state index in [1.54, 1.807) is 19.1 Å². The van der Waals surface area contributed by atoms with Crippen molar-refractivity contribution in [1.29, 1.82) is 0 Å². The van der Waals surface area contributed by atoms with Crippen LogP contribution in [-0.2, 0) is 16.0 Å². The molecule has 0 saturated carbocycles. The van der Waals surface area contributed by atoms with Gasteiger partial charge in [0.2, 0.25) is 0 Å². The van der Waals surface area contributed by atoms with E-state index in [2.05, 4.69) is 0 Å². The second-order valence-electron chi connectivity index (χ2n) is 4.56. The van der Waals surface area contributed by atoms with Gasteiger partial charge in [-0.25, -0.2) is 4.79 Å². The van der Waals surface area contributed by atoms with Crippen molar-refractivity contribution in [2.45, 2.75) is 26.2 Å². The average molecular weight is 274 g/mol. The lowest BCUT2D eigenvalue weighted by Crippen LogP contribution is -2.10. The van der Waals surface area contributed by atoms with Crippen LogP contribution in [0.5, 0.6) is 5.75 Å². The van der Waals surface area contributed by atoms with Gasteiger partial charge in [0, 0.05) is 18.1 Å². The predicted molar refractivity (Wildman–Crippen MR) is 75.0 cm³/mol. The molecule has 4 nitrogen and oxygen atoms in total. The second-order valence-corrected chi connectivity index (χ2v) is 4.56.